The van der Waals surface area contributed by atoms with Crippen molar-refractivity contribution in [2.24, 2.45) is 0 Å². The van der Waals surface area contributed by atoms with Crippen LogP contribution in [-0.2, 0) is 9.84 Å². The molecular weight excluding hydrogens is 293 g/mol. The lowest BCUT2D eigenvalue weighted by molar-refractivity contribution is 0.579. The molecule has 0 amide bonds. The second-order valence-electron chi connectivity index (χ2n) is 4.67. The lowest BCUT2D eigenvalue weighted by Gasteiger charge is -2.21. The summed E-state index contributed by atoms with van der Waals surface area (Å²) in [6, 6.07) is 5.09. The molecule has 3 nitrogen and oxygen atoms in total. The van der Waals surface area contributed by atoms with Gasteiger partial charge in [-0.1, -0.05) is 23.2 Å². The molecule has 1 aliphatic rings. The molecular formula is C12H15Cl2NO2S. The normalized spacial score (nSPS) is 24.2. The molecule has 1 fully saturated rings. The third-order valence-electron chi connectivity index (χ3n) is 3.27. The molecule has 1 aliphatic carbocycles. The van der Waals surface area contributed by atoms with E-state index in [1.807, 2.05) is 0 Å². The van der Waals surface area contributed by atoms with Crippen LogP contribution in [-0.4, -0.2) is 26.0 Å². The SMILES string of the molecule is CS(=O)(=O)C1CCCC1Nc1ccc(Cl)cc1Cl. The number of sulfone groups is 1. The number of anilines is 1. The standard InChI is InChI=1S/C12H15Cl2NO2S/c1-18(16,17)12-4-2-3-11(12)15-10-6-5-8(13)7-9(10)14/h5-7,11-12,15H,2-4H2,1H3. The van der Waals surface area contributed by atoms with Crippen LogP contribution in [0.25, 0.3) is 0 Å². The molecule has 0 heterocycles. The van der Waals surface area contributed by atoms with Gasteiger partial charge >= 0.3 is 0 Å². The van der Waals surface area contributed by atoms with Gasteiger partial charge in [0.1, 0.15) is 0 Å². The van der Waals surface area contributed by atoms with Gasteiger partial charge in [0.15, 0.2) is 9.84 Å². The number of nitrogens with one attached hydrogen (secondary N) is 1. The third kappa shape index (κ3) is 3.11. The predicted molar refractivity (Wildman–Crippen MR) is 76.4 cm³/mol. The maximum absolute atomic E-state index is 11.7. The van der Waals surface area contributed by atoms with Crippen molar-refractivity contribution < 1.29 is 8.42 Å². The van der Waals surface area contributed by atoms with Gasteiger partial charge in [-0.15, -0.1) is 0 Å². The maximum atomic E-state index is 11.7. The fourth-order valence-electron chi connectivity index (χ4n) is 2.41. The van der Waals surface area contributed by atoms with Crippen LogP contribution >= 0.6 is 23.2 Å². The second kappa shape index (κ2) is 5.27. The van der Waals surface area contributed by atoms with Gasteiger partial charge in [0.2, 0.25) is 0 Å². The fourth-order valence-corrected chi connectivity index (χ4v) is 4.27. The zero-order valence-electron chi connectivity index (χ0n) is 9.99. The van der Waals surface area contributed by atoms with Crippen molar-refractivity contribution in [2.45, 2.75) is 30.6 Å². The van der Waals surface area contributed by atoms with Crippen LogP contribution in [0.1, 0.15) is 19.3 Å². The summed E-state index contributed by atoms with van der Waals surface area (Å²) in [6.45, 7) is 0. The highest BCUT2D eigenvalue weighted by atomic mass is 35.5. The Hall–Kier alpha value is -0.450. The van der Waals surface area contributed by atoms with Crippen molar-refractivity contribution in [1.29, 1.82) is 0 Å². The van der Waals surface area contributed by atoms with Crippen molar-refractivity contribution in [3.8, 4) is 0 Å². The summed E-state index contributed by atoms with van der Waals surface area (Å²) < 4.78 is 23.4. The smallest absolute Gasteiger partial charge is 0.152 e. The first-order valence-corrected chi connectivity index (χ1v) is 8.49. The molecule has 2 unspecified atom stereocenters. The number of hydrogen-bond donors (Lipinski definition) is 1. The topological polar surface area (TPSA) is 46.2 Å². The van der Waals surface area contributed by atoms with Gasteiger partial charge in [-0.05, 0) is 37.5 Å². The number of halogens is 2. The Morgan fingerprint density at radius 1 is 1.28 bits per heavy atom. The third-order valence-corrected chi connectivity index (χ3v) is 5.49. The summed E-state index contributed by atoms with van der Waals surface area (Å²) in [5.41, 5.74) is 0.738. The molecule has 18 heavy (non-hydrogen) atoms. The molecule has 100 valence electrons. The Kier molecular flexibility index (Phi) is 4.09. The highest BCUT2D eigenvalue weighted by Gasteiger charge is 2.34. The summed E-state index contributed by atoms with van der Waals surface area (Å²) in [5, 5.41) is 3.98. The van der Waals surface area contributed by atoms with E-state index in [-0.39, 0.29) is 11.3 Å². The lowest BCUT2D eigenvalue weighted by Crippen LogP contribution is -2.34. The van der Waals surface area contributed by atoms with Gasteiger partial charge in [0, 0.05) is 17.3 Å². The zero-order chi connectivity index (χ0) is 13.3. The first-order valence-electron chi connectivity index (χ1n) is 5.78. The van der Waals surface area contributed by atoms with E-state index in [2.05, 4.69) is 5.32 Å². The summed E-state index contributed by atoms with van der Waals surface area (Å²) >= 11 is 11.9. The van der Waals surface area contributed by atoms with Gasteiger partial charge in [-0.25, -0.2) is 8.42 Å². The zero-order valence-corrected chi connectivity index (χ0v) is 12.3. The van der Waals surface area contributed by atoms with Crippen LogP contribution in [0, 0.1) is 0 Å². The summed E-state index contributed by atoms with van der Waals surface area (Å²) in [5.74, 6) is 0. The summed E-state index contributed by atoms with van der Waals surface area (Å²) in [7, 11) is -3.02. The van der Waals surface area contributed by atoms with E-state index < -0.39 is 9.84 Å². The van der Waals surface area contributed by atoms with Gasteiger partial charge in [-0.3, -0.25) is 0 Å². The van der Waals surface area contributed by atoms with Gasteiger partial charge < -0.3 is 5.32 Å². The van der Waals surface area contributed by atoms with Gasteiger partial charge in [0.25, 0.3) is 0 Å². The van der Waals surface area contributed by atoms with E-state index >= 15 is 0 Å². The van der Waals surface area contributed by atoms with E-state index in [0.29, 0.717) is 16.5 Å². The Balaban J connectivity index is 2.18. The van der Waals surface area contributed by atoms with Crippen molar-refractivity contribution in [1.82, 2.24) is 0 Å². The largest absolute Gasteiger partial charge is 0.380 e. The minimum absolute atomic E-state index is 0.0707. The minimum atomic E-state index is -3.02. The monoisotopic (exact) mass is 307 g/mol. The molecule has 0 aromatic heterocycles. The molecule has 0 spiro atoms. The quantitative estimate of drug-likeness (QED) is 0.931. The molecule has 1 aromatic rings. The second-order valence-corrected chi connectivity index (χ2v) is 7.78. The van der Waals surface area contributed by atoms with Crippen LogP contribution < -0.4 is 5.32 Å². The van der Waals surface area contributed by atoms with Gasteiger partial charge in [-0.2, -0.15) is 0 Å². The minimum Gasteiger partial charge on any atom is -0.380 e. The van der Waals surface area contributed by atoms with Crippen LogP contribution in [0.3, 0.4) is 0 Å². The molecule has 2 atom stereocenters. The average Bonchev–Trinajstić information content (AvgIpc) is 2.70. The maximum Gasteiger partial charge on any atom is 0.152 e. The van der Waals surface area contributed by atoms with Crippen LogP contribution in [0.4, 0.5) is 5.69 Å². The summed E-state index contributed by atoms with van der Waals surface area (Å²) in [4.78, 5) is 0. The Bertz CT molecular complexity index is 545. The van der Waals surface area contributed by atoms with Gasteiger partial charge in [0.05, 0.1) is 16.0 Å². The van der Waals surface area contributed by atoms with Crippen LogP contribution in [0.15, 0.2) is 18.2 Å². The lowest BCUT2D eigenvalue weighted by atomic mass is 10.2. The summed E-state index contributed by atoms with van der Waals surface area (Å²) in [6.07, 6.45) is 3.76. The number of benzene rings is 1. The van der Waals surface area contributed by atoms with E-state index in [1.54, 1.807) is 18.2 Å². The molecule has 0 saturated heterocycles. The molecule has 1 saturated carbocycles. The van der Waals surface area contributed by atoms with Crippen LogP contribution in [0.2, 0.25) is 10.0 Å². The first-order chi connectivity index (χ1) is 8.38. The Morgan fingerprint density at radius 3 is 2.61 bits per heavy atom. The molecule has 0 bridgehead atoms. The van der Waals surface area contributed by atoms with E-state index in [9.17, 15) is 8.42 Å². The molecule has 0 aliphatic heterocycles. The van der Waals surface area contributed by atoms with Crippen molar-refractivity contribution in [2.75, 3.05) is 11.6 Å². The predicted octanol–water partition coefficient (Wildman–Crippen LogP) is 3.37. The highest BCUT2D eigenvalue weighted by molar-refractivity contribution is 7.91. The number of rotatable bonds is 3. The molecule has 1 N–H and O–H groups in total. The Morgan fingerprint density at radius 2 is 2.00 bits per heavy atom. The van der Waals surface area contributed by atoms with Crippen molar-refractivity contribution >= 4 is 38.7 Å². The highest BCUT2D eigenvalue weighted by Crippen LogP contribution is 2.31. The molecule has 1 aromatic carbocycles. The van der Waals surface area contributed by atoms with Crippen molar-refractivity contribution in [3.63, 3.8) is 0 Å². The van der Waals surface area contributed by atoms with Crippen LogP contribution in [0.5, 0.6) is 0 Å². The molecule has 0 radical (unpaired) electrons. The van der Waals surface area contributed by atoms with E-state index in [4.69, 9.17) is 23.2 Å². The van der Waals surface area contributed by atoms with Crippen molar-refractivity contribution in [3.05, 3.63) is 28.2 Å². The Labute approximate surface area is 117 Å². The average molecular weight is 308 g/mol. The van der Waals surface area contributed by atoms with E-state index in [1.165, 1.54) is 6.26 Å². The fraction of sp³-hybridized carbons (Fsp3) is 0.500. The molecule has 6 heteroatoms. The first kappa shape index (κ1) is 14.0. The number of hydrogen-bond acceptors (Lipinski definition) is 3. The van der Waals surface area contributed by atoms with E-state index in [0.717, 1.165) is 18.5 Å². The molecule has 2 rings (SSSR count).